The Morgan fingerprint density at radius 1 is 1.32 bits per heavy atom. The van der Waals surface area contributed by atoms with Crippen molar-refractivity contribution in [3.8, 4) is 5.75 Å². The van der Waals surface area contributed by atoms with E-state index in [1.165, 1.54) is 0 Å². The van der Waals surface area contributed by atoms with Gasteiger partial charge < -0.3 is 10.1 Å². The van der Waals surface area contributed by atoms with Crippen molar-refractivity contribution >= 4 is 5.91 Å². The van der Waals surface area contributed by atoms with Crippen LogP contribution in [0.2, 0.25) is 0 Å². The van der Waals surface area contributed by atoms with Crippen molar-refractivity contribution in [2.75, 3.05) is 6.61 Å². The van der Waals surface area contributed by atoms with E-state index in [0.717, 1.165) is 22.7 Å². The molecule has 1 atom stereocenters. The first kappa shape index (κ1) is 16.1. The maximum Gasteiger partial charge on any atom is 0.255 e. The molecule has 0 fully saturated rings. The number of nitrogens with one attached hydrogen (secondary N) is 1. The number of aryl methyl sites for hydroxylation is 2. The van der Waals surface area contributed by atoms with Crippen molar-refractivity contribution < 1.29 is 9.53 Å². The normalized spacial score (nSPS) is 12.0. The van der Waals surface area contributed by atoms with Crippen LogP contribution in [-0.4, -0.2) is 22.3 Å². The van der Waals surface area contributed by atoms with E-state index in [2.05, 4.69) is 10.4 Å². The molecule has 2 rings (SSSR count). The van der Waals surface area contributed by atoms with Gasteiger partial charge in [0.25, 0.3) is 5.91 Å². The molecule has 0 aliphatic carbocycles. The van der Waals surface area contributed by atoms with Gasteiger partial charge in [0.05, 0.1) is 23.9 Å². The van der Waals surface area contributed by atoms with E-state index in [1.54, 1.807) is 4.68 Å². The van der Waals surface area contributed by atoms with Gasteiger partial charge in [0, 0.05) is 12.7 Å². The highest BCUT2D eigenvalue weighted by Gasteiger charge is 2.19. The van der Waals surface area contributed by atoms with Gasteiger partial charge in [-0.1, -0.05) is 12.1 Å². The molecule has 2 aromatic rings. The number of aromatic nitrogens is 2. The molecule has 5 heteroatoms. The minimum absolute atomic E-state index is 0.0813. The lowest BCUT2D eigenvalue weighted by Crippen LogP contribution is -2.27. The van der Waals surface area contributed by atoms with E-state index in [1.807, 2.05) is 59.0 Å². The molecule has 0 aliphatic rings. The molecule has 1 N–H and O–H groups in total. The molecule has 22 heavy (non-hydrogen) atoms. The number of hydrogen-bond donors (Lipinski definition) is 1. The molecule has 0 saturated heterocycles. The van der Waals surface area contributed by atoms with Crippen molar-refractivity contribution in [3.63, 3.8) is 0 Å². The van der Waals surface area contributed by atoms with E-state index < -0.39 is 0 Å². The molecule has 118 valence electrons. The van der Waals surface area contributed by atoms with Gasteiger partial charge in [-0.15, -0.1) is 0 Å². The number of carbonyl (C=O) groups excluding carboxylic acids is 1. The van der Waals surface area contributed by atoms with Crippen LogP contribution in [0.5, 0.6) is 5.75 Å². The summed E-state index contributed by atoms with van der Waals surface area (Å²) in [5.74, 6) is 0.744. The fraction of sp³-hybridized carbons (Fsp3) is 0.412. The second-order valence-corrected chi connectivity index (χ2v) is 5.37. The Kier molecular flexibility index (Phi) is 4.85. The van der Waals surface area contributed by atoms with Crippen molar-refractivity contribution in [2.24, 2.45) is 7.05 Å². The zero-order chi connectivity index (χ0) is 16.3. The lowest BCUT2D eigenvalue weighted by atomic mass is 10.1. The number of benzene rings is 1. The lowest BCUT2D eigenvalue weighted by molar-refractivity contribution is 0.0938. The summed E-state index contributed by atoms with van der Waals surface area (Å²) in [5.41, 5.74) is 3.31. The Morgan fingerprint density at radius 2 is 1.95 bits per heavy atom. The molecule has 0 bridgehead atoms. The molecule has 0 radical (unpaired) electrons. The summed E-state index contributed by atoms with van der Waals surface area (Å²) in [4.78, 5) is 12.5. The van der Waals surface area contributed by atoms with Crippen molar-refractivity contribution in [2.45, 2.75) is 33.7 Å². The quantitative estimate of drug-likeness (QED) is 0.924. The van der Waals surface area contributed by atoms with Gasteiger partial charge in [0.15, 0.2) is 0 Å². The molecule has 1 amide bonds. The number of carbonyl (C=O) groups is 1. The molecule has 1 aromatic carbocycles. The van der Waals surface area contributed by atoms with Gasteiger partial charge >= 0.3 is 0 Å². The topological polar surface area (TPSA) is 56.1 Å². The van der Waals surface area contributed by atoms with Crippen LogP contribution in [0.25, 0.3) is 0 Å². The second-order valence-electron chi connectivity index (χ2n) is 5.37. The maximum absolute atomic E-state index is 12.5. The first-order valence-corrected chi connectivity index (χ1v) is 7.47. The highest BCUT2D eigenvalue weighted by molar-refractivity contribution is 5.96. The lowest BCUT2D eigenvalue weighted by Gasteiger charge is -2.15. The Bertz CT molecular complexity index is 659. The van der Waals surface area contributed by atoms with Gasteiger partial charge in [-0.2, -0.15) is 5.10 Å². The van der Waals surface area contributed by atoms with E-state index >= 15 is 0 Å². The summed E-state index contributed by atoms with van der Waals surface area (Å²) in [6, 6.07) is 7.70. The molecule has 0 spiro atoms. The van der Waals surface area contributed by atoms with Crippen LogP contribution in [-0.2, 0) is 7.05 Å². The monoisotopic (exact) mass is 301 g/mol. The van der Waals surface area contributed by atoms with Gasteiger partial charge in [-0.05, 0) is 45.4 Å². The van der Waals surface area contributed by atoms with Crippen LogP contribution in [0.4, 0.5) is 0 Å². The highest BCUT2D eigenvalue weighted by atomic mass is 16.5. The van der Waals surface area contributed by atoms with Gasteiger partial charge in [-0.25, -0.2) is 0 Å². The number of nitrogens with zero attached hydrogens (tertiary/aromatic N) is 2. The first-order valence-electron chi connectivity index (χ1n) is 7.47. The smallest absolute Gasteiger partial charge is 0.255 e. The second kappa shape index (κ2) is 6.64. The average Bonchev–Trinajstić information content (AvgIpc) is 2.73. The fourth-order valence-electron chi connectivity index (χ4n) is 2.47. The summed E-state index contributed by atoms with van der Waals surface area (Å²) in [5, 5.41) is 7.31. The minimum atomic E-state index is -0.0931. The summed E-state index contributed by atoms with van der Waals surface area (Å²) < 4.78 is 7.15. The third kappa shape index (κ3) is 3.30. The molecule has 1 heterocycles. The molecule has 1 aromatic heterocycles. The van der Waals surface area contributed by atoms with Gasteiger partial charge in [0.2, 0.25) is 0 Å². The molecular formula is C17H23N3O2. The van der Waals surface area contributed by atoms with Gasteiger partial charge in [-0.3, -0.25) is 9.48 Å². The fourth-order valence-corrected chi connectivity index (χ4v) is 2.47. The zero-order valence-electron chi connectivity index (χ0n) is 13.8. The first-order chi connectivity index (χ1) is 10.4. The molecule has 5 nitrogen and oxygen atoms in total. The van der Waals surface area contributed by atoms with Crippen molar-refractivity contribution in [1.29, 1.82) is 0 Å². The third-order valence-electron chi connectivity index (χ3n) is 3.77. The Labute approximate surface area is 131 Å². The number of ether oxygens (including phenoxy) is 1. The van der Waals surface area contributed by atoms with Crippen LogP contribution in [0.15, 0.2) is 24.3 Å². The van der Waals surface area contributed by atoms with Crippen molar-refractivity contribution in [1.82, 2.24) is 15.1 Å². The Balaban J connectivity index is 2.10. The highest BCUT2D eigenvalue weighted by Crippen LogP contribution is 2.19. The van der Waals surface area contributed by atoms with Crippen LogP contribution in [0.1, 0.15) is 47.2 Å². The summed E-state index contributed by atoms with van der Waals surface area (Å²) in [7, 11) is 1.84. The summed E-state index contributed by atoms with van der Waals surface area (Å²) in [6.07, 6.45) is 0. The minimum Gasteiger partial charge on any atom is -0.494 e. The van der Waals surface area contributed by atoms with Crippen LogP contribution >= 0.6 is 0 Å². The number of hydrogen-bond acceptors (Lipinski definition) is 3. The number of rotatable bonds is 5. The van der Waals surface area contributed by atoms with Crippen molar-refractivity contribution in [3.05, 3.63) is 46.8 Å². The molecule has 0 saturated carbocycles. The van der Waals surface area contributed by atoms with Crippen LogP contribution in [0.3, 0.4) is 0 Å². The maximum atomic E-state index is 12.5. The van der Waals surface area contributed by atoms with E-state index in [-0.39, 0.29) is 11.9 Å². The summed E-state index contributed by atoms with van der Waals surface area (Å²) in [6.45, 7) is 8.31. The molecular weight excluding hydrogens is 278 g/mol. The van der Waals surface area contributed by atoms with Crippen LogP contribution < -0.4 is 10.1 Å². The zero-order valence-corrected chi connectivity index (χ0v) is 13.8. The van der Waals surface area contributed by atoms with Gasteiger partial charge in [0.1, 0.15) is 5.75 Å². The third-order valence-corrected chi connectivity index (χ3v) is 3.77. The van der Waals surface area contributed by atoms with Crippen LogP contribution in [0, 0.1) is 13.8 Å². The Hall–Kier alpha value is -2.30. The van der Waals surface area contributed by atoms with E-state index in [9.17, 15) is 4.79 Å². The number of amides is 1. The standard InChI is InChI=1S/C17H23N3O2/c1-6-22-15-9-7-14(8-10-15)11(2)18-17(21)16-12(3)19-20(5)13(16)4/h7-11H,6H2,1-5H3,(H,18,21)/t11-/m1/s1. The average molecular weight is 301 g/mol. The van der Waals surface area contributed by atoms with E-state index in [0.29, 0.717) is 12.2 Å². The molecule has 0 unspecified atom stereocenters. The summed E-state index contributed by atoms with van der Waals surface area (Å²) >= 11 is 0. The predicted octanol–water partition coefficient (Wildman–Crippen LogP) is 2.93. The van der Waals surface area contributed by atoms with E-state index in [4.69, 9.17) is 4.74 Å². The SMILES string of the molecule is CCOc1ccc([C@@H](C)NC(=O)c2c(C)nn(C)c2C)cc1. The molecule has 0 aliphatic heterocycles. The largest absolute Gasteiger partial charge is 0.494 e. The predicted molar refractivity (Wildman–Crippen MR) is 86.2 cm³/mol. The Morgan fingerprint density at radius 3 is 2.45 bits per heavy atom.